The zero-order valence-corrected chi connectivity index (χ0v) is 21.6. The molecule has 34 heavy (non-hydrogen) atoms. The molecule has 0 N–H and O–H groups in total. The molecule has 0 aliphatic carbocycles. The lowest BCUT2D eigenvalue weighted by Gasteiger charge is -2.14. The van der Waals surface area contributed by atoms with E-state index in [1.54, 1.807) is 30.4 Å². The summed E-state index contributed by atoms with van der Waals surface area (Å²) in [5.74, 6) is 1.27. The van der Waals surface area contributed by atoms with Crippen molar-refractivity contribution in [3.05, 3.63) is 46.6 Å². The fourth-order valence-corrected chi connectivity index (χ4v) is 6.32. The Morgan fingerprint density at radius 3 is 2.71 bits per heavy atom. The first-order valence-electron chi connectivity index (χ1n) is 10.9. The van der Waals surface area contributed by atoms with Gasteiger partial charge in [0.25, 0.3) is 5.91 Å². The number of ether oxygens (including phenoxy) is 1. The summed E-state index contributed by atoms with van der Waals surface area (Å²) in [5, 5.41) is 10.8. The first kappa shape index (κ1) is 24.7. The molecule has 1 amide bonds. The highest BCUT2D eigenvalue weighted by molar-refractivity contribution is 8.18. The van der Waals surface area contributed by atoms with E-state index in [-0.39, 0.29) is 17.8 Å². The van der Waals surface area contributed by atoms with Gasteiger partial charge in [0.2, 0.25) is 0 Å². The normalized spacial score (nSPS) is 17.5. The molecule has 0 saturated heterocycles. The van der Waals surface area contributed by atoms with E-state index in [4.69, 9.17) is 4.74 Å². The molecule has 1 unspecified atom stereocenters. The van der Waals surface area contributed by atoms with Crippen molar-refractivity contribution >= 4 is 57.4 Å². The number of hydrogen-bond donors (Lipinski definition) is 0. The molecule has 3 heterocycles. The third kappa shape index (κ3) is 5.64. The number of aromatic nitrogens is 3. The van der Waals surface area contributed by atoms with Crippen molar-refractivity contribution in [3.63, 3.8) is 0 Å². The number of thioether (sulfide) groups is 3. The smallest absolute Gasteiger partial charge is 0.305 e. The number of allylic oxidation sites excluding steroid dienone is 1. The average molecular weight is 516 g/mol. The molecule has 11 heteroatoms. The van der Waals surface area contributed by atoms with Crippen LogP contribution in [0, 0.1) is 5.92 Å². The number of hydrogen-bond acceptors (Lipinski definition) is 9. The van der Waals surface area contributed by atoms with Crippen molar-refractivity contribution in [2.24, 2.45) is 15.9 Å². The van der Waals surface area contributed by atoms with Crippen LogP contribution in [0.15, 0.2) is 56.0 Å². The van der Waals surface area contributed by atoms with E-state index in [0.29, 0.717) is 30.4 Å². The molecule has 1 aromatic carbocycles. The summed E-state index contributed by atoms with van der Waals surface area (Å²) in [6.07, 6.45) is 1.07. The summed E-state index contributed by atoms with van der Waals surface area (Å²) in [5.41, 5.74) is 1.99. The van der Waals surface area contributed by atoms with E-state index in [9.17, 15) is 9.59 Å². The largest absolute Gasteiger partial charge is 0.466 e. The Hall–Kier alpha value is -2.37. The molecule has 2 aliphatic rings. The third-order valence-electron chi connectivity index (χ3n) is 5.26. The number of carbonyl (C=O) groups excluding carboxylic acids is 2. The summed E-state index contributed by atoms with van der Waals surface area (Å²) < 4.78 is 7.00. The summed E-state index contributed by atoms with van der Waals surface area (Å²) in [4.78, 5) is 34.2. The number of esters is 1. The van der Waals surface area contributed by atoms with Crippen LogP contribution in [0.1, 0.15) is 39.4 Å². The molecule has 0 fully saturated rings. The van der Waals surface area contributed by atoms with E-state index in [1.807, 2.05) is 48.7 Å². The minimum atomic E-state index is -0.320. The molecule has 0 saturated carbocycles. The molecule has 2 aliphatic heterocycles. The number of amides is 1. The average Bonchev–Trinajstić information content (AvgIpc) is 3.36. The quantitative estimate of drug-likeness (QED) is 0.265. The Labute approximate surface area is 211 Å². The molecule has 178 valence electrons. The Morgan fingerprint density at radius 2 is 1.94 bits per heavy atom. The number of fused-ring (bicyclic) bond motifs is 1. The summed E-state index contributed by atoms with van der Waals surface area (Å²) in [6.45, 7) is 6.18. The third-order valence-corrected chi connectivity index (χ3v) is 8.28. The van der Waals surface area contributed by atoms with Crippen molar-refractivity contribution in [1.82, 2.24) is 14.8 Å². The van der Waals surface area contributed by atoms with Gasteiger partial charge in [0.1, 0.15) is 11.7 Å². The van der Waals surface area contributed by atoms with Crippen LogP contribution >= 0.6 is 35.3 Å². The van der Waals surface area contributed by atoms with Crippen molar-refractivity contribution in [2.45, 2.75) is 44.5 Å². The van der Waals surface area contributed by atoms with Gasteiger partial charge >= 0.3 is 5.97 Å². The highest BCUT2D eigenvalue weighted by Gasteiger charge is 2.36. The van der Waals surface area contributed by atoms with Crippen molar-refractivity contribution in [3.8, 4) is 5.69 Å². The molecule has 8 nitrogen and oxygen atoms in total. The predicted molar refractivity (Wildman–Crippen MR) is 139 cm³/mol. The number of carbonyl (C=O) groups is 2. The molecular formula is C23H25N5O3S3. The highest BCUT2D eigenvalue weighted by Crippen LogP contribution is 2.40. The van der Waals surface area contributed by atoms with Gasteiger partial charge in [-0.3, -0.25) is 14.2 Å². The Morgan fingerprint density at radius 1 is 1.15 bits per heavy atom. The van der Waals surface area contributed by atoms with Crippen LogP contribution < -0.4 is 0 Å². The second-order valence-electron chi connectivity index (χ2n) is 7.57. The lowest BCUT2D eigenvalue weighted by molar-refractivity contribution is -0.143. The van der Waals surface area contributed by atoms with Gasteiger partial charge in [0.05, 0.1) is 17.4 Å². The van der Waals surface area contributed by atoms with Crippen molar-refractivity contribution in [1.29, 1.82) is 0 Å². The SMILES string of the molecule is CCOC(=O)CCCSc1nnc(CSC2=NC(=O)C3C(=N2)SC(C)=C3C)n1-c1ccccc1. The lowest BCUT2D eigenvalue weighted by atomic mass is 10.0. The zero-order chi connectivity index (χ0) is 24.1. The maximum absolute atomic E-state index is 12.6. The fourth-order valence-electron chi connectivity index (χ4n) is 3.47. The number of benzene rings is 1. The monoisotopic (exact) mass is 515 g/mol. The summed E-state index contributed by atoms with van der Waals surface area (Å²) >= 11 is 4.48. The van der Waals surface area contributed by atoms with E-state index in [0.717, 1.165) is 37.9 Å². The van der Waals surface area contributed by atoms with Crippen LogP contribution in [-0.2, 0) is 20.1 Å². The van der Waals surface area contributed by atoms with Crippen LogP contribution in [0.25, 0.3) is 5.69 Å². The maximum atomic E-state index is 12.6. The van der Waals surface area contributed by atoms with Crippen molar-refractivity contribution in [2.75, 3.05) is 12.4 Å². The minimum Gasteiger partial charge on any atom is -0.466 e. The van der Waals surface area contributed by atoms with E-state index < -0.39 is 0 Å². The van der Waals surface area contributed by atoms with Gasteiger partial charge in [0, 0.05) is 17.9 Å². The van der Waals surface area contributed by atoms with Crippen LogP contribution in [0.3, 0.4) is 0 Å². The lowest BCUT2D eigenvalue weighted by Crippen LogP contribution is -2.23. The number of amidine groups is 1. The van der Waals surface area contributed by atoms with E-state index in [2.05, 4.69) is 20.2 Å². The molecule has 0 radical (unpaired) electrons. The maximum Gasteiger partial charge on any atom is 0.305 e. The molecule has 4 rings (SSSR count). The van der Waals surface area contributed by atoms with E-state index in [1.165, 1.54) is 11.8 Å². The number of aliphatic imine (C=N–C) groups is 2. The number of rotatable bonds is 9. The molecule has 1 atom stereocenters. The minimum absolute atomic E-state index is 0.156. The van der Waals surface area contributed by atoms with Gasteiger partial charge in [-0.2, -0.15) is 4.99 Å². The van der Waals surface area contributed by atoms with Crippen LogP contribution in [-0.4, -0.2) is 49.2 Å². The Bertz CT molecular complexity index is 1170. The van der Waals surface area contributed by atoms with Gasteiger partial charge in [0.15, 0.2) is 10.3 Å². The molecular weight excluding hydrogens is 490 g/mol. The van der Waals surface area contributed by atoms with Gasteiger partial charge < -0.3 is 4.74 Å². The zero-order valence-electron chi connectivity index (χ0n) is 19.2. The topological polar surface area (TPSA) is 98.8 Å². The first-order valence-corrected chi connectivity index (χ1v) is 13.7. The second-order valence-corrected chi connectivity index (χ2v) is 10.8. The van der Waals surface area contributed by atoms with Gasteiger partial charge in [-0.15, -0.1) is 10.2 Å². The van der Waals surface area contributed by atoms with E-state index >= 15 is 0 Å². The van der Waals surface area contributed by atoms with Crippen molar-refractivity contribution < 1.29 is 14.3 Å². The first-order chi connectivity index (χ1) is 16.5. The summed E-state index contributed by atoms with van der Waals surface area (Å²) in [7, 11) is 0. The summed E-state index contributed by atoms with van der Waals surface area (Å²) in [6, 6.07) is 9.89. The number of nitrogens with zero attached hydrogens (tertiary/aromatic N) is 5. The van der Waals surface area contributed by atoms with Gasteiger partial charge in [-0.05, 0) is 49.8 Å². The standard InChI is InChI=1S/C23H25N5O3S3/c1-4-31-18(29)11-8-12-32-23-27-26-17(28(23)16-9-6-5-7-10-16)13-33-22-24-20(30)19-14(2)15(3)34-21(19)25-22/h5-7,9-10,19H,4,8,11-13H2,1-3H3. The Kier molecular flexibility index (Phi) is 8.28. The van der Waals surface area contributed by atoms with Crippen LogP contribution in [0.2, 0.25) is 0 Å². The van der Waals surface area contributed by atoms with Gasteiger partial charge in [-0.1, -0.05) is 53.5 Å². The molecule has 0 spiro atoms. The number of para-hydroxylation sites is 1. The van der Waals surface area contributed by atoms with Gasteiger partial charge in [-0.25, -0.2) is 4.99 Å². The highest BCUT2D eigenvalue weighted by atomic mass is 32.2. The molecule has 2 aromatic rings. The fraction of sp³-hybridized carbons (Fsp3) is 0.391. The second kappa shape index (κ2) is 11.4. The van der Waals surface area contributed by atoms with Crippen LogP contribution in [0.4, 0.5) is 0 Å². The Balaban J connectivity index is 1.46. The van der Waals surface area contributed by atoms with Crippen LogP contribution in [0.5, 0.6) is 0 Å². The molecule has 0 bridgehead atoms. The predicted octanol–water partition coefficient (Wildman–Crippen LogP) is 4.89. The molecule has 1 aromatic heterocycles.